The Hall–Kier alpha value is -2.29. The topological polar surface area (TPSA) is 40.5 Å². The van der Waals surface area contributed by atoms with Crippen LogP contribution in [0.5, 0.6) is 0 Å². The molecule has 1 aliphatic heterocycles. The second-order valence-electron chi connectivity index (χ2n) is 5.84. The first-order valence-electron chi connectivity index (χ1n) is 7.45. The zero-order valence-electron chi connectivity index (χ0n) is 11.7. The van der Waals surface area contributed by atoms with Gasteiger partial charge in [-0.2, -0.15) is 0 Å². The Labute approximate surface area is 123 Å². The zero-order valence-corrected chi connectivity index (χ0v) is 11.7. The summed E-state index contributed by atoms with van der Waals surface area (Å²) in [5.41, 5.74) is 6.44. The van der Waals surface area contributed by atoms with Crippen molar-refractivity contribution in [1.29, 1.82) is 0 Å². The highest BCUT2D eigenvalue weighted by Crippen LogP contribution is 2.43. The third kappa shape index (κ3) is 1.84. The van der Waals surface area contributed by atoms with Crippen LogP contribution in [0.3, 0.4) is 0 Å². The van der Waals surface area contributed by atoms with E-state index >= 15 is 0 Å². The molecule has 1 amide bonds. The number of likely N-dealkylation sites (tertiary alicyclic amines) is 1. The Kier molecular flexibility index (Phi) is 2.74. The lowest BCUT2D eigenvalue weighted by atomic mass is 9.95. The lowest BCUT2D eigenvalue weighted by Crippen LogP contribution is -2.29. The fourth-order valence-corrected chi connectivity index (χ4v) is 3.81. The van der Waals surface area contributed by atoms with Crippen LogP contribution in [0.2, 0.25) is 0 Å². The molecule has 0 aromatic heterocycles. The maximum absolute atomic E-state index is 11.4. The van der Waals surface area contributed by atoms with Crippen LogP contribution in [-0.2, 0) is 6.42 Å². The van der Waals surface area contributed by atoms with E-state index < -0.39 is 6.09 Å². The van der Waals surface area contributed by atoms with E-state index in [1.807, 2.05) is 0 Å². The van der Waals surface area contributed by atoms with Gasteiger partial charge in [-0.05, 0) is 47.1 Å². The SMILES string of the molecule is O=C(O)N1CCCC1c1cccc2c1Cc1ccccc1-2. The molecule has 3 heteroatoms. The predicted octanol–water partition coefficient (Wildman–Crippen LogP) is 4.07. The number of carbonyl (C=O) groups is 1. The number of hydrogen-bond acceptors (Lipinski definition) is 1. The van der Waals surface area contributed by atoms with Crippen molar-refractivity contribution in [3.05, 3.63) is 59.2 Å². The number of benzene rings is 2. The molecular formula is C18H17NO2. The van der Waals surface area contributed by atoms with Gasteiger partial charge in [-0.3, -0.25) is 0 Å². The molecule has 0 spiro atoms. The van der Waals surface area contributed by atoms with Crippen molar-refractivity contribution in [3.8, 4) is 11.1 Å². The summed E-state index contributed by atoms with van der Waals surface area (Å²) in [5.74, 6) is 0. The highest BCUT2D eigenvalue weighted by Gasteiger charge is 2.33. The Bertz CT molecular complexity index is 723. The summed E-state index contributed by atoms with van der Waals surface area (Å²) >= 11 is 0. The Balaban J connectivity index is 1.81. The van der Waals surface area contributed by atoms with Gasteiger partial charge < -0.3 is 10.0 Å². The summed E-state index contributed by atoms with van der Waals surface area (Å²) < 4.78 is 0. The highest BCUT2D eigenvalue weighted by atomic mass is 16.4. The van der Waals surface area contributed by atoms with Gasteiger partial charge in [0.25, 0.3) is 0 Å². The van der Waals surface area contributed by atoms with Crippen LogP contribution < -0.4 is 0 Å². The van der Waals surface area contributed by atoms with Crippen LogP contribution in [0.4, 0.5) is 4.79 Å². The van der Waals surface area contributed by atoms with E-state index in [-0.39, 0.29) is 6.04 Å². The molecule has 1 heterocycles. The van der Waals surface area contributed by atoms with Gasteiger partial charge in [0.1, 0.15) is 0 Å². The summed E-state index contributed by atoms with van der Waals surface area (Å²) in [4.78, 5) is 13.0. The van der Waals surface area contributed by atoms with Crippen LogP contribution in [0.1, 0.15) is 35.6 Å². The van der Waals surface area contributed by atoms with Crippen molar-refractivity contribution in [3.63, 3.8) is 0 Å². The normalized spacial score (nSPS) is 19.4. The number of hydrogen-bond donors (Lipinski definition) is 1. The van der Waals surface area contributed by atoms with Crippen molar-refractivity contribution in [2.24, 2.45) is 0 Å². The minimum Gasteiger partial charge on any atom is -0.465 e. The van der Waals surface area contributed by atoms with E-state index in [1.165, 1.54) is 27.8 Å². The zero-order chi connectivity index (χ0) is 14.4. The second kappa shape index (κ2) is 4.62. The van der Waals surface area contributed by atoms with E-state index in [2.05, 4.69) is 42.5 Å². The molecule has 0 bridgehead atoms. The van der Waals surface area contributed by atoms with E-state index in [9.17, 15) is 9.90 Å². The molecule has 1 atom stereocenters. The molecular weight excluding hydrogens is 262 g/mol. The molecule has 2 aliphatic rings. The van der Waals surface area contributed by atoms with E-state index in [0.717, 1.165) is 19.3 Å². The van der Waals surface area contributed by atoms with Gasteiger partial charge in [0.2, 0.25) is 0 Å². The van der Waals surface area contributed by atoms with Crippen LogP contribution in [0.15, 0.2) is 42.5 Å². The quantitative estimate of drug-likeness (QED) is 0.729. The minimum atomic E-state index is -0.800. The average Bonchev–Trinajstić information content (AvgIpc) is 3.11. The van der Waals surface area contributed by atoms with Gasteiger partial charge in [-0.15, -0.1) is 0 Å². The van der Waals surface area contributed by atoms with Crippen LogP contribution in [-0.4, -0.2) is 22.6 Å². The number of nitrogens with zero attached hydrogens (tertiary/aromatic N) is 1. The molecule has 1 N–H and O–H groups in total. The Morgan fingerprint density at radius 2 is 1.90 bits per heavy atom. The standard InChI is InChI=1S/C18H17NO2/c20-18(21)19-10-4-9-17(19)15-8-3-7-14-13-6-2-1-5-12(13)11-16(14)15/h1-3,5-8,17H,4,9-11H2,(H,20,21). The van der Waals surface area contributed by atoms with Crippen molar-refractivity contribution in [2.45, 2.75) is 25.3 Å². The van der Waals surface area contributed by atoms with Crippen molar-refractivity contribution >= 4 is 6.09 Å². The second-order valence-corrected chi connectivity index (χ2v) is 5.84. The Morgan fingerprint density at radius 1 is 1.10 bits per heavy atom. The molecule has 21 heavy (non-hydrogen) atoms. The molecule has 1 unspecified atom stereocenters. The minimum absolute atomic E-state index is 0.0202. The molecule has 106 valence electrons. The third-order valence-electron chi connectivity index (χ3n) is 4.74. The molecule has 3 nitrogen and oxygen atoms in total. The maximum atomic E-state index is 11.4. The summed E-state index contributed by atoms with van der Waals surface area (Å²) in [6.07, 6.45) is 2.00. The number of rotatable bonds is 1. The van der Waals surface area contributed by atoms with E-state index in [4.69, 9.17) is 0 Å². The maximum Gasteiger partial charge on any atom is 0.407 e. The average molecular weight is 279 g/mol. The van der Waals surface area contributed by atoms with Gasteiger partial charge in [0, 0.05) is 6.54 Å². The first-order valence-corrected chi connectivity index (χ1v) is 7.45. The lowest BCUT2D eigenvalue weighted by molar-refractivity contribution is 0.140. The van der Waals surface area contributed by atoms with E-state index in [1.54, 1.807) is 4.90 Å². The van der Waals surface area contributed by atoms with Gasteiger partial charge in [0.05, 0.1) is 6.04 Å². The molecule has 1 aliphatic carbocycles. The molecule has 1 fully saturated rings. The van der Waals surface area contributed by atoms with Crippen molar-refractivity contribution in [1.82, 2.24) is 4.90 Å². The molecule has 2 aromatic rings. The van der Waals surface area contributed by atoms with Gasteiger partial charge in [0.15, 0.2) is 0 Å². The van der Waals surface area contributed by atoms with Crippen molar-refractivity contribution in [2.75, 3.05) is 6.54 Å². The highest BCUT2D eigenvalue weighted by molar-refractivity contribution is 5.78. The van der Waals surface area contributed by atoms with Crippen LogP contribution in [0.25, 0.3) is 11.1 Å². The number of fused-ring (bicyclic) bond motifs is 3. The van der Waals surface area contributed by atoms with Crippen LogP contribution >= 0.6 is 0 Å². The van der Waals surface area contributed by atoms with Gasteiger partial charge in [-0.25, -0.2) is 4.79 Å². The number of carboxylic acid groups (broad SMARTS) is 1. The van der Waals surface area contributed by atoms with E-state index in [0.29, 0.717) is 6.54 Å². The molecule has 1 saturated heterocycles. The molecule has 0 radical (unpaired) electrons. The summed E-state index contributed by atoms with van der Waals surface area (Å²) in [5, 5.41) is 9.39. The molecule has 0 saturated carbocycles. The largest absolute Gasteiger partial charge is 0.465 e. The van der Waals surface area contributed by atoms with Gasteiger partial charge in [-0.1, -0.05) is 42.5 Å². The third-order valence-corrected chi connectivity index (χ3v) is 4.74. The molecule has 4 rings (SSSR count). The molecule has 2 aromatic carbocycles. The van der Waals surface area contributed by atoms with Crippen LogP contribution in [0, 0.1) is 0 Å². The monoisotopic (exact) mass is 279 g/mol. The number of amides is 1. The summed E-state index contributed by atoms with van der Waals surface area (Å²) in [7, 11) is 0. The smallest absolute Gasteiger partial charge is 0.407 e. The summed E-state index contributed by atoms with van der Waals surface area (Å²) in [6.45, 7) is 0.649. The first-order chi connectivity index (χ1) is 10.3. The van der Waals surface area contributed by atoms with Gasteiger partial charge >= 0.3 is 6.09 Å². The van der Waals surface area contributed by atoms with Crippen molar-refractivity contribution < 1.29 is 9.90 Å². The summed E-state index contributed by atoms with van der Waals surface area (Å²) in [6, 6.07) is 14.8. The first kappa shape index (κ1) is 12.5. The predicted molar refractivity (Wildman–Crippen MR) is 81.4 cm³/mol. The Morgan fingerprint density at radius 3 is 2.76 bits per heavy atom. The lowest BCUT2D eigenvalue weighted by Gasteiger charge is -2.24. The fourth-order valence-electron chi connectivity index (χ4n) is 3.81. The fraction of sp³-hybridized carbons (Fsp3) is 0.278.